The predicted molar refractivity (Wildman–Crippen MR) is 133 cm³/mol. The van der Waals surface area contributed by atoms with Crippen molar-refractivity contribution in [2.24, 2.45) is 4.99 Å². The second-order valence-corrected chi connectivity index (χ2v) is 9.73. The largest absolute Gasteiger partial charge is 0.357 e. The first kappa shape index (κ1) is 26.2. The maximum absolute atomic E-state index is 12.2. The van der Waals surface area contributed by atoms with E-state index in [9.17, 15) is 8.42 Å². The molecule has 2 rings (SSSR count). The summed E-state index contributed by atoms with van der Waals surface area (Å²) in [6, 6.07) is 6.88. The van der Waals surface area contributed by atoms with Crippen molar-refractivity contribution >= 4 is 40.0 Å². The normalized spacial score (nSPS) is 16.3. The third kappa shape index (κ3) is 8.80. The van der Waals surface area contributed by atoms with Gasteiger partial charge in [0.15, 0.2) is 5.96 Å². The van der Waals surface area contributed by atoms with Gasteiger partial charge in [-0.05, 0) is 52.0 Å². The lowest BCUT2D eigenvalue weighted by atomic mass is 10.1. The number of nitrogens with one attached hydrogen (secondary N) is 2. The minimum absolute atomic E-state index is 0. The monoisotopic (exact) mass is 536 g/mol. The minimum atomic E-state index is -3.09. The fraction of sp³-hybridized carbons (Fsp3) is 0.667. The zero-order valence-electron chi connectivity index (χ0n) is 18.2. The van der Waals surface area contributed by atoms with Crippen LogP contribution in [0.2, 0.25) is 0 Å². The second kappa shape index (κ2) is 12.7. The highest BCUT2D eigenvalue weighted by atomic mass is 127. The molecule has 1 saturated heterocycles. The Morgan fingerprint density at radius 3 is 2.31 bits per heavy atom. The quantitative estimate of drug-likeness (QED) is 0.304. The van der Waals surface area contributed by atoms with E-state index in [-0.39, 0.29) is 35.8 Å². The highest BCUT2D eigenvalue weighted by molar-refractivity contribution is 14.0. The zero-order chi connectivity index (χ0) is 20.6. The van der Waals surface area contributed by atoms with Gasteiger partial charge in [0.05, 0.1) is 5.75 Å². The fourth-order valence-electron chi connectivity index (χ4n) is 3.69. The third-order valence-electron chi connectivity index (χ3n) is 4.95. The summed E-state index contributed by atoms with van der Waals surface area (Å²) in [5.74, 6) is 1.06. The molecule has 1 aromatic carbocycles. The van der Waals surface area contributed by atoms with E-state index in [4.69, 9.17) is 4.99 Å². The lowest BCUT2D eigenvalue weighted by molar-refractivity contribution is 0.306. The van der Waals surface area contributed by atoms with Gasteiger partial charge in [0.25, 0.3) is 0 Å². The van der Waals surface area contributed by atoms with Crippen LogP contribution in [0, 0.1) is 13.8 Å². The maximum atomic E-state index is 12.2. The number of benzene rings is 1. The topological polar surface area (TPSA) is 73.8 Å². The van der Waals surface area contributed by atoms with Gasteiger partial charge in [0.2, 0.25) is 10.0 Å². The summed E-state index contributed by atoms with van der Waals surface area (Å²) >= 11 is 0. The molecule has 2 N–H and O–H groups in total. The Kier molecular flexibility index (Phi) is 11.5. The van der Waals surface area contributed by atoms with E-state index in [0.717, 1.165) is 38.3 Å². The summed E-state index contributed by atoms with van der Waals surface area (Å²) in [7, 11) is -3.09. The average molecular weight is 537 g/mol. The average Bonchev–Trinajstić information content (AvgIpc) is 2.61. The van der Waals surface area contributed by atoms with Crippen molar-refractivity contribution in [2.75, 3.05) is 31.9 Å². The molecule has 6 nitrogen and oxygen atoms in total. The molecular weight excluding hydrogens is 499 g/mol. The van der Waals surface area contributed by atoms with Gasteiger partial charge in [-0.25, -0.2) is 12.7 Å². The zero-order valence-corrected chi connectivity index (χ0v) is 21.3. The number of halogens is 1. The molecule has 1 aliphatic rings. The molecule has 0 amide bonds. The standard InChI is InChI=1S/C21H36N4O2S.HI/c1-5-13-28(26,27)25-11-8-20(9-12-25)24-21(22-6-2)23-10-7-19-15-17(3)14-18(4)16-19;/h14-16,20H,5-13H2,1-4H3,(H2,22,23,24);1H. The van der Waals surface area contributed by atoms with E-state index in [0.29, 0.717) is 19.5 Å². The number of piperidine rings is 1. The molecule has 0 radical (unpaired) electrons. The summed E-state index contributed by atoms with van der Waals surface area (Å²) in [5.41, 5.74) is 3.88. The van der Waals surface area contributed by atoms with Gasteiger partial charge in [0, 0.05) is 32.2 Å². The minimum Gasteiger partial charge on any atom is -0.357 e. The summed E-state index contributed by atoms with van der Waals surface area (Å²) in [6.45, 7) is 10.9. The van der Waals surface area contributed by atoms with E-state index < -0.39 is 10.0 Å². The molecule has 0 bridgehead atoms. The second-order valence-electron chi connectivity index (χ2n) is 7.64. The molecule has 1 heterocycles. The van der Waals surface area contributed by atoms with E-state index in [1.54, 1.807) is 4.31 Å². The first-order chi connectivity index (χ1) is 13.3. The lowest BCUT2D eigenvalue weighted by Crippen LogP contribution is -2.50. The molecule has 166 valence electrons. The smallest absolute Gasteiger partial charge is 0.214 e. The SMILES string of the molecule is CCCS(=O)(=O)N1CCC(NC(=NCCc2cc(C)cc(C)c2)NCC)CC1.I. The van der Waals surface area contributed by atoms with Crippen molar-refractivity contribution < 1.29 is 8.42 Å². The van der Waals surface area contributed by atoms with Crippen LogP contribution in [0.1, 0.15) is 49.8 Å². The van der Waals surface area contributed by atoms with Crippen molar-refractivity contribution in [3.8, 4) is 0 Å². The van der Waals surface area contributed by atoms with Crippen LogP contribution in [0.25, 0.3) is 0 Å². The number of hydrogen-bond donors (Lipinski definition) is 2. The molecule has 1 aromatic rings. The van der Waals surface area contributed by atoms with Gasteiger partial charge in [-0.15, -0.1) is 24.0 Å². The van der Waals surface area contributed by atoms with Gasteiger partial charge in [-0.1, -0.05) is 36.2 Å². The van der Waals surface area contributed by atoms with Crippen molar-refractivity contribution in [3.63, 3.8) is 0 Å². The number of rotatable bonds is 8. The van der Waals surface area contributed by atoms with E-state index in [1.807, 2.05) is 6.92 Å². The highest BCUT2D eigenvalue weighted by Crippen LogP contribution is 2.15. The maximum Gasteiger partial charge on any atom is 0.214 e. The van der Waals surface area contributed by atoms with Crippen LogP contribution in [-0.2, 0) is 16.4 Å². The van der Waals surface area contributed by atoms with E-state index >= 15 is 0 Å². The number of aliphatic imine (C=N–C) groups is 1. The Bertz CT molecular complexity index is 740. The highest BCUT2D eigenvalue weighted by Gasteiger charge is 2.27. The van der Waals surface area contributed by atoms with Crippen molar-refractivity contribution in [1.29, 1.82) is 0 Å². The number of sulfonamides is 1. The number of guanidine groups is 1. The van der Waals surface area contributed by atoms with Crippen LogP contribution in [0.4, 0.5) is 0 Å². The molecule has 0 unspecified atom stereocenters. The van der Waals surface area contributed by atoms with Crippen molar-refractivity contribution in [3.05, 3.63) is 34.9 Å². The van der Waals surface area contributed by atoms with E-state index in [1.165, 1.54) is 16.7 Å². The Labute approximate surface area is 194 Å². The molecule has 0 saturated carbocycles. The van der Waals surface area contributed by atoms with Crippen LogP contribution in [0.3, 0.4) is 0 Å². The van der Waals surface area contributed by atoms with Gasteiger partial charge in [0.1, 0.15) is 0 Å². The molecule has 0 atom stereocenters. The molecule has 0 spiro atoms. The molecule has 1 aliphatic heterocycles. The summed E-state index contributed by atoms with van der Waals surface area (Å²) in [4.78, 5) is 4.72. The van der Waals surface area contributed by atoms with Crippen LogP contribution < -0.4 is 10.6 Å². The molecule has 0 aromatic heterocycles. The van der Waals surface area contributed by atoms with Gasteiger partial charge < -0.3 is 10.6 Å². The number of aryl methyl sites for hydroxylation is 2. The Hall–Kier alpha value is -0.870. The van der Waals surface area contributed by atoms with Gasteiger partial charge >= 0.3 is 0 Å². The summed E-state index contributed by atoms with van der Waals surface area (Å²) in [5, 5.41) is 6.80. The van der Waals surface area contributed by atoms with Crippen molar-refractivity contribution in [1.82, 2.24) is 14.9 Å². The number of hydrogen-bond acceptors (Lipinski definition) is 3. The van der Waals surface area contributed by atoms with Crippen molar-refractivity contribution in [2.45, 2.75) is 59.4 Å². The van der Waals surface area contributed by atoms with Gasteiger partial charge in [-0.3, -0.25) is 4.99 Å². The number of nitrogens with zero attached hydrogens (tertiary/aromatic N) is 2. The Balaban J connectivity index is 0.00000420. The lowest BCUT2D eigenvalue weighted by Gasteiger charge is -2.32. The molecule has 29 heavy (non-hydrogen) atoms. The van der Waals surface area contributed by atoms with Crippen LogP contribution in [-0.4, -0.2) is 56.7 Å². The fourth-order valence-corrected chi connectivity index (χ4v) is 5.23. The first-order valence-electron chi connectivity index (χ1n) is 10.4. The molecule has 0 aliphatic carbocycles. The summed E-state index contributed by atoms with van der Waals surface area (Å²) in [6.07, 6.45) is 3.19. The van der Waals surface area contributed by atoms with Gasteiger partial charge in [-0.2, -0.15) is 0 Å². The predicted octanol–water partition coefficient (Wildman–Crippen LogP) is 3.22. The first-order valence-corrected chi connectivity index (χ1v) is 12.0. The summed E-state index contributed by atoms with van der Waals surface area (Å²) < 4.78 is 26.1. The third-order valence-corrected chi connectivity index (χ3v) is 7.02. The molecule has 1 fully saturated rings. The Morgan fingerprint density at radius 2 is 1.76 bits per heavy atom. The van der Waals surface area contributed by atoms with E-state index in [2.05, 4.69) is 49.6 Å². The van der Waals surface area contributed by atoms with Crippen LogP contribution in [0.15, 0.2) is 23.2 Å². The molecule has 8 heteroatoms. The van der Waals surface area contributed by atoms with Crippen LogP contribution >= 0.6 is 24.0 Å². The molecular formula is C21H37IN4O2S. The Morgan fingerprint density at radius 1 is 1.14 bits per heavy atom. The van der Waals surface area contributed by atoms with Crippen LogP contribution in [0.5, 0.6) is 0 Å².